The van der Waals surface area contributed by atoms with E-state index in [1.165, 1.54) is 19.3 Å². The Kier molecular flexibility index (Phi) is 4.42. The van der Waals surface area contributed by atoms with Gasteiger partial charge in [-0.25, -0.2) is 9.50 Å². The van der Waals surface area contributed by atoms with Crippen LogP contribution in [0.5, 0.6) is 0 Å². The zero-order valence-electron chi connectivity index (χ0n) is 11.9. The van der Waals surface area contributed by atoms with Crippen LogP contribution in [0, 0.1) is 5.92 Å². The van der Waals surface area contributed by atoms with Crippen molar-refractivity contribution in [3.63, 3.8) is 0 Å². The van der Waals surface area contributed by atoms with Gasteiger partial charge in [-0.15, -0.1) is 11.8 Å². The number of nitrogen functional groups attached to an aromatic ring is 1. The van der Waals surface area contributed by atoms with E-state index in [4.69, 9.17) is 5.73 Å². The molecule has 1 unspecified atom stereocenters. The number of aliphatic hydroxyl groups is 1. The first-order valence-electron chi connectivity index (χ1n) is 7.18. The third kappa shape index (κ3) is 2.66. The van der Waals surface area contributed by atoms with Crippen molar-refractivity contribution in [3.8, 4) is 0 Å². The van der Waals surface area contributed by atoms with Gasteiger partial charge in [-0.2, -0.15) is 5.10 Å². The molecule has 3 N–H and O–H groups in total. The molecule has 0 spiro atoms. The summed E-state index contributed by atoms with van der Waals surface area (Å²) >= 11 is 4.97. The van der Waals surface area contributed by atoms with Crippen LogP contribution in [0.4, 0.5) is 5.82 Å². The highest BCUT2D eigenvalue weighted by Gasteiger charge is 2.29. The van der Waals surface area contributed by atoms with Gasteiger partial charge >= 0.3 is 0 Å². The monoisotopic (exact) mass is 370 g/mol. The van der Waals surface area contributed by atoms with Crippen molar-refractivity contribution in [1.82, 2.24) is 14.6 Å². The Hall–Kier alpha value is -0.790. The van der Waals surface area contributed by atoms with Gasteiger partial charge in [-0.3, -0.25) is 0 Å². The maximum atomic E-state index is 10.8. The van der Waals surface area contributed by atoms with Crippen LogP contribution in [0.1, 0.15) is 43.8 Å². The van der Waals surface area contributed by atoms with E-state index in [0.29, 0.717) is 11.5 Å². The van der Waals surface area contributed by atoms with Crippen LogP contribution in [0.3, 0.4) is 0 Å². The molecule has 1 aliphatic carbocycles. The predicted octanol–water partition coefficient (Wildman–Crippen LogP) is 3.41. The van der Waals surface area contributed by atoms with E-state index in [1.807, 2.05) is 6.26 Å². The van der Waals surface area contributed by atoms with E-state index in [9.17, 15) is 5.11 Å². The molecule has 0 radical (unpaired) electrons. The number of thioether (sulfide) groups is 1. The van der Waals surface area contributed by atoms with E-state index in [1.54, 1.807) is 22.5 Å². The summed E-state index contributed by atoms with van der Waals surface area (Å²) in [6, 6.07) is 0. The Morgan fingerprint density at radius 2 is 2.14 bits per heavy atom. The third-order valence-corrected chi connectivity index (χ3v) is 5.55. The number of hydrogen-bond acceptors (Lipinski definition) is 5. The first-order valence-corrected chi connectivity index (χ1v) is 9.20. The van der Waals surface area contributed by atoms with Crippen LogP contribution in [-0.2, 0) is 0 Å². The molecule has 7 heteroatoms. The highest BCUT2D eigenvalue weighted by molar-refractivity contribution is 9.10. The molecular weight excluding hydrogens is 352 g/mol. The van der Waals surface area contributed by atoms with Gasteiger partial charge in [0.15, 0.2) is 5.65 Å². The largest absolute Gasteiger partial charge is 0.388 e. The second kappa shape index (κ2) is 6.14. The lowest BCUT2D eigenvalue weighted by Gasteiger charge is -2.28. The van der Waals surface area contributed by atoms with Gasteiger partial charge in [0.1, 0.15) is 10.8 Å². The average molecular weight is 371 g/mol. The molecule has 2 heterocycles. The Balaban J connectivity index is 2.10. The van der Waals surface area contributed by atoms with E-state index in [2.05, 4.69) is 26.0 Å². The summed E-state index contributed by atoms with van der Waals surface area (Å²) in [5, 5.41) is 16.0. The number of anilines is 1. The maximum Gasteiger partial charge on any atom is 0.172 e. The minimum absolute atomic E-state index is 0.269. The first-order chi connectivity index (χ1) is 10.1. The first kappa shape index (κ1) is 15.1. The van der Waals surface area contributed by atoms with Crippen molar-refractivity contribution in [2.24, 2.45) is 5.92 Å². The van der Waals surface area contributed by atoms with Crippen LogP contribution in [0.15, 0.2) is 15.7 Å². The van der Waals surface area contributed by atoms with Gasteiger partial charge in [0.05, 0.1) is 22.3 Å². The zero-order chi connectivity index (χ0) is 15.0. The zero-order valence-corrected chi connectivity index (χ0v) is 14.3. The third-order valence-electron chi connectivity index (χ3n) is 4.21. The quantitative estimate of drug-likeness (QED) is 0.639. The Bertz CT molecular complexity index is 654. The maximum absolute atomic E-state index is 10.8. The van der Waals surface area contributed by atoms with Crippen molar-refractivity contribution in [2.75, 3.05) is 12.0 Å². The number of aliphatic hydroxyl groups excluding tert-OH is 1. The van der Waals surface area contributed by atoms with Crippen LogP contribution in [-0.4, -0.2) is 26.0 Å². The molecule has 2 aromatic heterocycles. The number of fused-ring (bicyclic) bond motifs is 1. The molecule has 1 aliphatic rings. The average Bonchev–Trinajstić information content (AvgIpc) is 2.87. The lowest BCUT2D eigenvalue weighted by Crippen LogP contribution is -2.20. The minimum atomic E-state index is -0.562. The van der Waals surface area contributed by atoms with Crippen LogP contribution in [0.25, 0.3) is 5.65 Å². The Morgan fingerprint density at radius 1 is 1.43 bits per heavy atom. The molecule has 1 saturated carbocycles. The van der Waals surface area contributed by atoms with Crippen molar-refractivity contribution in [2.45, 2.75) is 43.2 Å². The SMILES string of the molecule is CSc1c(C(O)C2CCCCC2)c(N)nc2c(Br)cnn12. The molecule has 114 valence electrons. The number of nitrogens with two attached hydrogens (primary N) is 1. The number of hydrogen-bond donors (Lipinski definition) is 2. The van der Waals surface area contributed by atoms with Crippen LogP contribution < -0.4 is 5.73 Å². The summed E-state index contributed by atoms with van der Waals surface area (Å²) < 4.78 is 2.56. The lowest BCUT2D eigenvalue weighted by molar-refractivity contribution is 0.0822. The predicted molar refractivity (Wildman–Crippen MR) is 88.4 cm³/mol. The van der Waals surface area contributed by atoms with Crippen molar-refractivity contribution in [1.29, 1.82) is 0 Å². The van der Waals surface area contributed by atoms with Crippen LogP contribution >= 0.6 is 27.7 Å². The van der Waals surface area contributed by atoms with E-state index < -0.39 is 6.10 Å². The molecule has 1 fully saturated rings. The second-order valence-corrected chi connectivity index (χ2v) is 7.14. The standard InChI is InChI=1S/C14H19BrN4OS/c1-21-14-10(11(20)8-5-3-2-4-6-8)12(16)18-13-9(15)7-17-19(13)14/h7-8,11,20H,2-6H2,1H3,(H2,16,18). The molecule has 0 aromatic carbocycles. The highest BCUT2D eigenvalue weighted by atomic mass is 79.9. The molecule has 5 nitrogen and oxygen atoms in total. The number of rotatable bonds is 3. The molecular formula is C14H19BrN4OS. The smallest absolute Gasteiger partial charge is 0.172 e. The summed E-state index contributed by atoms with van der Waals surface area (Å²) in [4.78, 5) is 4.42. The summed E-state index contributed by atoms with van der Waals surface area (Å²) in [7, 11) is 0. The number of aromatic nitrogens is 3. The summed E-state index contributed by atoms with van der Waals surface area (Å²) in [5.41, 5.74) is 7.58. The fourth-order valence-corrected chi connectivity index (χ4v) is 4.23. The summed E-state index contributed by atoms with van der Waals surface area (Å²) in [5.74, 6) is 0.677. The summed E-state index contributed by atoms with van der Waals surface area (Å²) in [6.07, 6.45) is 8.84. The number of nitrogens with zero attached hydrogens (tertiary/aromatic N) is 3. The number of halogens is 1. The fraction of sp³-hybridized carbons (Fsp3) is 0.571. The highest BCUT2D eigenvalue weighted by Crippen LogP contribution is 2.40. The van der Waals surface area contributed by atoms with Crippen molar-refractivity contribution < 1.29 is 5.11 Å². The van der Waals surface area contributed by atoms with E-state index in [-0.39, 0.29) is 5.92 Å². The Morgan fingerprint density at radius 3 is 2.81 bits per heavy atom. The fourth-order valence-electron chi connectivity index (χ4n) is 3.13. The van der Waals surface area contributed by atoms with Gasteiger partial charge in [0.2, 0.25) is 0 Å². The molecule has 1 atom stereocenters. The molecule has 0 bridgehead atoms. The van der Waals surface area contributed by atoms with Gasteiger partial charge in [0, 0.05) is 0 Å². The minimum Gasteiger partial charge on any atom is -0.388 e. The van der Waals surface area contributed by atoms with Gasteiger partial charge in [-0.05, 0) is 40.9 Å². The molecule has 2 aromatic rings. The lowest BCUT2D eigenvalue weighted by atomic mass is 9.83. The molecule has 21 heavy (non-hydrogen) atoms. The van der Waals surface area contributed by atoms with Crippen LogP contribution in [0.2, 0.25) is 0 Å². The van der Waals surface area contributed by atoms with Crippen molar-refractivity contribution >= 4 is 39.2 Å². The topological polar surface area (TPSA) is 76.4 Å². The van der Waals surface area contributed by atoms with Gasteiger partial charge in [0.25, 0.3) is 0 Å². The molecule has 0 amide bonds. The van der Waals surface area contributed by atoms with E-state index >= 15 is 0 Å². The normalized spacial score (nSPS) is 18.2. The van der Waals surface area contributed by atoms with Crippen molar-refractivity contribution in [3.05, 3.63) is 16.2 Å². The Labute approximate surface area is 136 Å². The van der Waals surface area contributed by atoms with Gasteiger partial charge in [-0.1, -0.05) is 19.3 Å². The van der Waals surface area contributed by atoms with E-state index in [0.717, 1.165) is 27.9 Å². The molecule has 0 saturated heterocycles. The molecule has 3 rings (SSSR count). The second-order valence-electron chi connectivity index (χ2n) is 5.49. The summed E-state index contributed by atoms with van der Waals surface area (Å²) in [6.45, 7) is 0. The van der Waals surface area contributed by atoms with Gasteiger partial charge < -0.3 is 10.8 Å². The molecule has 0 aliphatic heterocycles.